The molecule has 3 aliphatic carbocycles. The summed E-state index contributed by atoms with van der Waals surface area (Å²) < 4.78 is 0. The second kappa shape index (κ2) is 2.93. The smallest absolute Gasteiger partial charge is 0.0803 e. The monoisotopic (exact) mass is 264 g/mol. The van der Waals surface area contributed by atoms with Crippen LogP contribution in [-0.4, -0.2) is 10.7 Å². The van der Waals surface area contributed by atoms with Crippen molar-refractivity contribution in [3.63, 3.8) is 0 Å². The van der Waals surface area contributed by atoms with Crippen LogP contribution in [0.2, 0.25) is 0 Å². The molecule has 0 saturated heterocycles. The minimum absolute atomic E-state index is 0.0434. The Morgan fingerprint density at radius 2 is 1.05 bits per heavy atom. The van der Waals surface area contributed by atoms with Crippen molar-refractivity contribution in [2.75, 3.05) is 0 Å². The van der Waals surface area contributed by atoms with Crippen LogP contribution in [0.15, 0.2) is 0 Å². The molecule has 0 aliphatic heterocycles. The maximum Gasteiger partial charge on any atom is 0.0803 e. The van der Waals surface area contributed by atoms with E-state index in [2.05, 4.69) is 62.3 Å². The normalized spacial score (nSPS) is 59.7. The Hall–Kier alpha value is -0.0400. The van der Waals surface area contributed by atoms with Gasteiger partial charge in [-0.25, -0.2) is 0 Å². The predicted molar refractivity (Wildman–Crippen MR) is 79.7 cm³/mol. The van der Waals surface area contributed by atoms with E-state index in [1.54, 1.807) is 0 Å². The minimum Gasteiger partial charge on any atom is -0.388 e. The Balaban J connectivity index is 2.10. The van der Waals surface area contributed by atoms with Gasteiger partial charge in [-0.15, -0.1) is 0 Å². The fraction of sp³-hybridized carbons (Fsp3) is 1.00. The summed E-state index contributed by atoms with van der Waals surface area (Å²) in [6, 6.07) is 0. The van der Waals surface area contributed by atoms with Crippen LogP contribution in [0.1, 0.15) is 62.3 Å². The molecule has 3 aliphatic rings. The molecule has 0 aromatic carbocycles. The minimum atomic E-state index is -0.481. The lowest BCUT2D eigenvalue weighted by molar-refractivity contribution is -0.293. The highest BCUT2D eigenvalue weighted by atomic mass is 16.3. The molecule has 0 bridgehead atoms. The molecule has 3 rings (SSSR count). The van der Waals surface area contributed by atoms with Crippen molar-refractivity contribution in [2.45, 2.75) is 67.9 Å². The van der Waals surface area contributed by atoms with E-state index in [1.165, 1.54) is 0 Å². The van der Waals surface area contributed by atoms with Crippen molar-refractivity contribution in [1.82, 2.24) is 0 Å². The third-order valence-corrected chi connectivity index (χ3v) is 8.94. The largest absolute Gasteiger partial charge is 0.388 e. The highest BCUT2D eigenvalue weighted by molar-refractivity contribution is 5.41. The predicted octanol–water partition coefficient (Wildman–Crippen LogP) is 4.35. The van der Waals surface area contributed by atoms with Gasteiger partial charge < -0.3 is 5.11 Å². The van der Waals surface area contributed by atoms with Gasteiger partial charge in [0.05, 0.1) is 5.60 Å². The number of aliphatic hydroxyl groups is 1. The van der Waals surface area contributed by atoms with E-state index in [1.807, 2.05) is 0 Å². The van der Waals surface area contributed by atoms with E-state index >= 15 is 0 Å². The topological polar surface area (TPSA) is 20.2 Å². The molecule has 6 atom stereocenters. The molecule has 0 aromatic rings. The third-order valence-electron chi connectivity index (χ3n) is 8.94. The Morgan fingerprint density at radius 3 is 1.32 bits per heavy atom. The summed E-state index contributed by atoms with van der Waals surface area (Å²) in [4.78, 5) is 0. The van der Waals surface area contributed by atoms with Crippen molar-refractivity contribution >= 4 is 0 Å². The molecule has 3 saturated carbocycles. The molecule has 0 aromatic heterocycles. The Morgan fingerprint density at radius 1 is 0.737 bits per heavy atom. The first-order valence-electron chi connectivity index (χ1n) is 8.06. The van der Waals surface area contributed by atoms with Gasteiger partial charge in [-0.1, -0.05) is 62.3 Å². The highest BCUT2D eigenvalue weighted by Crippen LogP contribution is 2.92. The molecule has 1 nitrogen and oxygen atoms in total. The van der Waals surface area contributed by atoms with Crippen molar-refractivity contribution in [1.29, 1.82) is 0 Å². The van der Waals surface area contributed by atoms with Gasteiger partial charge in [0.2, 0.25) is 0 Å². The zero-order chi connectivity index (χ0) is 14.8. The lowest BCUT2D eigenvalue weighted by Crippen LogP contribution is -2.73. The molecular weight excluding hydrogens is 232 g/mol. The summed E-state index contributed by atoms with van der Waals surface area (Å²) in [6.45, 7) is 21.1. The summed E-state index contributed by atoms with van der Waals surface area (Å²) in [5.41, 5.74) is 0.301. The maximum absolute atomic E-state index is 11.9. The molecule has 6 unspecified atom stereocenters. The van der Waals surface area contributed by atoms with Gasteiger partial charge in [-0.3, -0.25) is 0 Å². The van der Waals surface area contributed by atoms with Crippen molar-refractivity contribution < 1.29 is 5.11 Å². The highest BCUT2D eigenvalue weighted by Gasteiger charge is 2.93. The Bertz CT molecular complexity index is 447. The van der Waals surface area contributed by atoms with Gasteiger partial charge in [0.1, 0.15) is 0 Å². The van der Waals surface area contributed by atoms with Crippen LogP contribution in [0.3, 0.4) is 0 Å². The first-order chi connectivity index (χ1) is 8.34. The lowest BCUT2D eigenvalue weighted by atomic mass is 9.39. The van der Waals surface area contributed by atoms with E-state index in [0.717, 1.165) is 0 Å². The van der Waals surface area contributed by atoms with Crippen LogP contribution in [0.4, 0.5) is 0 Å². The molecule has 19 heavy (non-hydrogen) atoms. The van der Waals surface area contributed by atoms with Gasteiger partial charge in [0.15, 0.2) is 0 Å². The molecule has 3 fully saturated rings. The molecule has 0 heterocycles. The van der Waals surface area contributed by atoms with Gasteiger partial charge in [0.25, 0.3) is 0 Å². The van der Waals surface area contributed by atoms with E-state index < -0.39 is 5.60 Å². The van der Waals surface area contributed by atoms with Gasteiger partial charge >= 0.3 is 0 Å². The fourth-order valence-corrected chi connectivity index (χ4v) is 6.95. The SMILES string of the molecule is CC1C(C2(O)C(C)(C)C(C)C23C(C)C3(C)C)C1(C)C. The number of hydrogen-bond acceptors (Lipinski definition) is 1. The summed E-state index contributed by atoms with van der Waals surface area (Å²) >= 11 is 0. The summed E-state index contributed by atoms with van der Waals surface area (Å²) in [6.07, 6.45) is 0. The van der Waals surface area contributed by atoms with Crippen LogP contribution in [0.25, 0.3) is 0 Å². The van der Waals surface area contributed by atoms with E-state index in [-0.39, 0.29) is 16.2 Å². The maximum atomic E-state index is 11.9. The number of rotatable bonds is 1. The quantitative estimate of drug-likeness (QED) is 0.746. The van der Waals surface area contributed by atoms with Crippen LogP contribution in [0.5, 0.6) is 0 Å². The molecule has 0 radical (unpaired) electrons. The fourth-order valence-electron chi connectivity index (χ4n) is 6.95. The zero-order valence-corrected chi connectivity index (χ0v) is 14.3. The van der Waals surface area contributed by atoms with Crippen molar-refractivity contribution in [2.24, 2.45) is 45.3 Å². The van der Waals surface area contributed by atoms with Crippen molar-refractivity contribution in [3.05, 3.63) is 0 Å². The van der Waals surface area contributed by atoms with E-state index in [9.17, 15) is 5.11 Å². The molecule has 1 spiro atoms. The molecular formula is C18H32O. The van der Waals surface area contributed by atoms with Crippen molar-refractivity contribution in [3.8, 4) is 0 Å². The molecule has 1 heteroatoms. The molecule has 1 N–H and O–H groups in total. The van der Waals surface area contributed by atoms with Gasteiger partial charge in [-0.2, -0.15) is 0 Å². The van der Waals surface area contributed by atoms with Crippen LogP contribution in [0, 0.1) is 45.3 Å². The van der Waals surface area contributed by atoms with Crippen LogP contribution >= 0.6 is 0 Å². The Kier molecular flexibility index (Phi) is 2.15. The summed E-state index contributed by atoms with van der Waals surface area (Å²) in [5, 5.41) is 11.9. The van der Waals surface area contributed by atoms with Crippen LogP contribution < -0.4 is 0 Å². The van der Waals surface area contributed by atoms with Gasteiger partial charge in [0, 0.05) is 5.41 Å². The second-order valence-corrected chi connectivity index (χ2v) is 9.61. The van der Waals surface area contributed by atoms with Crippen LogP contribution in [-0.2, 0) is 0 Å². The molecule has 0 amide bonds. The zero-order valence-electron chi connectivity index (χ0n) is 14.3. The van der Waals surface area contributed by atoms with E-state index in [4.69, 9.17) is 0 Å². The van der Waals surface area contributed by atoms with E-state index in [0.29, 0.717) is 29.1 Å². The third kappa shape index (κ3) is 0.962. The summed E-state index contributed by atoms with van der Waals surface area (Å²) in [5.74, 6) is 2.36. The summed E-state index contributed by atoms with van der Waals surface area (Å²) in [7, 11) is 0. The molecule has 110 valence electrons. The first-order valence-corrected chi connectivity index (χ1v) is 8.06. The van der Waals surface area contributed by atoms with Gasteiger partial charge in [-0.05, 0) is 39.9 Å². The first kappa shape index (κ1) is 13.9. The average Bonchev–Trinajstić information content (AvgIpc) is 2.95. The number of hydrogen-bond donors (Lipinski definition) is 1. The lowest BCUT2D eigenvalue weighted by Gasteiger charge is -2.68. The second-order valence-electron chi connectivity index (χ2n) is 9.61. The Labute approximate surface area is 119 Å². The standard InChI is InChI=1S/C18H32O/c1-10-13(14(10,4)5)18(19)16(8,9)12(3)17(18)11(2)15(17,6)7/h10-13,19H,1-9H3. The average molecular weight is 264 g/mol.